The van der Waals surface area contributed by atoms with Crippen LogP contribution in [0.2, 0.25) is 10.2 Å². The maximum Gasteiger partial charge on any atom is 0.307 e. The number of carboxylic acid groups (broad SMARTS) is 1. The van der Waals surface area contributed by atoms with Crippen molar-refractivity contribution < 1.29 is 14.3 Å². The lowest BCUT2D eigenvalue weighted by molar-refractivity contribution is -0.136. The average Bonchev–Trinajstić information content (AvgIpc) is 3.42. The van der Waals surface area contributed by atoms with Crippen molar-refractivity contribution in [2.24, 2.45) is 7.05 Å². The Balaban J connectivity index is 1.79. The quantitative estimate of drug-likeness (QED) is 0.560. The molecule has 0 amide bonds. The van der Waals surface area contributed by atoms with Crippen LogP contribution < -0.4 is 0 Å². The highest BCUT2D eigenvalue weighted by molar-refractivity contribution is 6.36. The summed E-state index contributed by atoms with van der Waals surface area (Å²) in [5.41, 5.74) is 4.20. The van der Waals surface area contributed by atoms with Gasteiger partial charge in [0.2, 0.25) is 0 Å². The summed E-state index contributed by atoms with van der Waals surface area (Å²) in [6.45, 7) is 1.69. The minimum absolute atomic E-state index is 0.226. The lowest BCUT2D eigenvalue weighted by atomic mass is 10.0. The number of aliphatic carboxylic acids is 1. The summed E-state index contributed by atoms with van der Waals surface area (Å²) in [4.78, 5) is 15.4. The third-order valence-electron chi connectivity index (χ3n) is 5.45. The summed E-state index contributed by atoms with van der Waals surface area (Å²) in [5, 5.41) is 10.2. The molecule has 7 heteroatoms. The molecule has 0 bridgehead atoms. The predicted molar refractivity (Wildman–Crippen MR) is 108 cm³/mol. The lowest BCUT2D eigenvalue weighted by Gasteiger charge is -2.13. The van der Waals surface area contributed by atoms with Gasteiger partial charge in [0.25, 0.3) is 0 Å². The Hall–Kier alpha value is -2.11. The molecule has 0 saturated heterocycles. The van der Waals surface area contributed by atoms with Crippen LogP contribution in [-0.4, -0.2) is 20.6 Å². The molecule has 0 radical (unpaired) electrons. The first-order valence-electron chi connectivity index (χ1n) is 9.09. The van der Waals surface area contributed by atoms with Gasteiger partial charge in [0, 0.05) is 41.4 Å². The van der Waals surface area contributed by atoms with E-state index in [0.29, 0.717) is 39.6 Å². The molecule has 0 aliphatic heterocycles. The summed E-state index contributed by atoms with van der Waals surface area (Å²) in [7, 11) is 1.88. The van der Waals surface area contributed by atoms with Gasteiger partial charge in [-0.25, -0.2) is 9.37 Å². The SMILES string of the molecule is Cc1nc(Cl)c(Cc2cc3c(F)cc(C4CC4)cc3n2C)c(Cl)c1CC(=O)O. The molecule has 0 unspecified atom stereocenters. The zero-order chi connectivity index (χ0) is 20.2. The van der Waals surface area contributed by atoms with E-state index in [1.54, 1.807) is 19.1 Å². The van der Waals surface area contributed by atoms with Crippen molar-refractivity contribution in [2.45, 2.75) is 38.5 Å². The van der Waals surface area contributed by atoms with Crippen molar-refractivity contribution in [3.8, 4) is 0 Å². The molecule has 146 valence electrons. The normalized spacial score (nSPS) is 14.0. The molecule has 0 spiro atoms. The monoisotopic (exact) mass is 420 g/mol. The van der Waals surface area contributed by atoms with Gasteiger partial charge in [-0.3, -0.25) is 4.79 Å². The Bertz CT molecular complexity index is 1120. The van der Waals surface area contributed by atoms with Gasteiger partial charge in [0.1, 0.15) is 11.0 Å². The fourth-order valence-corrected chi connectivity index (χ4v) is 4.38. The van der Waals surface area contributed by atoms with Crippen molar-refractivity contribution in [2.75, 3.05) is 0 Å². The van der Waals surface area contributed by atoms with Gasteiger partial charge in [0.05, 0.1) is 17.0 Å². The van der Waals surface area contributed by atoms with Crippen LogP contribution in [0.25, 0.3) is 10.9 Å². The minimum atomic E-state index is -0.987. The number of aryl methyl sites for hydroxylation is 2. The van der Waals surface area contributed by atoms with Gasteiger partial charge in [-0.1, -0.05) is 23.2 Å². The van der Waals surface area contributed by atoms with Crippen molar-refractivity contribution in [3.63, 3.8) is 0 Å². The Morgan fingerprint density at radius 1 is 1.29 bits per heavy atom. The molecule has 1 N–H and O–H groups in total. The lowest BCUT2D eigenvalue weighted by Crippen LogP contribution is -2.08. The summed E-state index contributed by atoms with van der Waals surface area (Å²) >= 11 is 12.8. The maximum absolute atomic E-state index is 14.6. The third-order valence-corrected chi connectivity index (χ3v) is 6.22. The molecular weight excluding hydrogens is 402 g/mol. The Kier molecular flexibility index (Phi) is 4.84. The number of nitrogens with zero attached hydrogens (tertiary/aromatic N) is 2. The number of pyridine rings is 1. The molecule has 1 saturated carbocycles. The molecule has 4 nitrogen and oxygen atoms in total. The van der Waals surface area contributed by atoms with E-state index in [1.165, 1.54) is 0 Å². The Labute approximate surface area is 171 Å². The number of rotatable bonds is 5. The fourth-order valence-electron chi connectivity index (χ4n) is 3.69. The zero-order valence-electron chi connectivity index (χ0n) is 15.5. The van der Waals surface area contributed by atoms with E-state index >= 15 is 0 Å². The van der Waals surface area contributed by atoms with Crippen LogP contribution in [0.3, 0.4) is 0 Å². The highest BCUT2D eigenvalue weighted by Gasteiger charge is 2.26. The molecule has 0 atom stereocenters. The number of fused-ring (bicyclic) bond motifs is 1. The van der Waals surface area contributed by atoms with Gasteiger partial charge >= 0.3 is 5.97 Å². The molecular formula is C21H19Cl2FN2O2. The van der Waals surface area contributed by atoms with Crippen LogP contribution in [0.5, 0.6) is 0 Å². The van der Waals surface area contributed by atoms with Crippen molar-refractivity contribution in [3.05, 3.63) is 62.3 Å². The summed E-state index contributed by atoms with van der Waals surface area (Å²) in [5.74, 6) is -0.757. The maximum atomic E-state index is 14.6. The van der Waals surface area contributed by atoms with Crippen LogP contribution in [0, 0.1) is 12.7 Å². The van der Waals surface area contributed by atoms with E-state index in [-0.39, 0.29) is 17.4 Å². The van der Waals surface area contributed by atoms with E-state index in [9.17, 15) is 9.18 Å². The zero-order valence-corrected chi connectivity index (χ0v) is 17.0. The second-order valence-corrected chi connectivity index (χ2v) is 8.15. The summed E-state index contributed by atoms with van der Waals surface area (Å²) in [6, 6.07) is 5.47. The van der Waals surface area contributed by atoms with Crippen LogP contribution in [0.15, 0.2) is 18.2 Å². The number of hydrogen-bond donors (Lipinski definition) is 1. The first-order valence-corrected chi connectivity index (χ1v) is 9.84. The van der Waals surface area contributed by atoms with Crippen molar-refractivity contribution in [1.29, 1.82) is 0 Å². The van der Waals surface area contributed by atoms with Crippen LogP contribution in [0.4, 0.5) is 4.39 Å². The molecule has 1 aliphatic carbocycles. The van der Waals surface area contributed by atoms with E-state index in [2.05, 4.69) is 4.98 Å². The van der Waals surface area contributed by atoms with Crippen LogP contribution in [0.1, 0.15) is 46.8 Å². The molecule has 2 aromatic heterocycles. The molecule has 1 fully saturated rings. The summed E-state index contributed by atoms with van der Waals surface area (Å²) < 4.78 is 16.6. The average molecular weight is 421 g/mol. The predicted octanol–water partition coefficient (Wildman–Crippen LogP) is 5.42. The van der Waals surface area contributed by atoms with E-state index in [0.717, 1.165) is 29.6 Å². The van der Waals surface area contributed by atoms with Gasteiger partial charge in [-0.15, -0.1) is 0 Å². The summed E-state index contributed by atoms with van der Waals surface area (Å²) in [6.07, 6.45) is 2.32. The molecule has 28 heavy (non-hydrogen) atoms. The van der Waals surface area contributed by atoms with Crippen molar-refractivity contribution >= 4 is 40.1 Å². The number of carboxylic acids is 1. The third kappa shape index (κ3) is 3.38. The second kappa shape index (κ2) is 7.05. The first kappa shape index (κ1) is 19.2. The topological polar surface area (TPSA) is 55.1 Å². The van der Waals surface area contributed by atoms with Crippen LogP contribution in [-0.2, 0) is 24.7 Å². The van der Waals surface area contributed by atoms with E-state index in [4.69, 9.17) is 28.3 Å². The first-order chi connectivity index (χ1) is 13.3. The molecule has 4 rings (SSSR count). The van der Waals surface area contributed by atoms with E-state index < -0.39 is 5.97 Å². The highest BCUT2D eigenvalue weighted by atomic mass is 35.5. The van der Waals surface area contributed by atoms with Gasteiger partial charge in [-0.05, 0) is 49.4 Å². The van der Waals surface area contributed by atoms with E-state index in [1.807, 2.05) is 17.7 Å². The molecule has 1 aromatic carbocycles. The number of aromatic nitrogens is 2. The minimum Gasteiger partial charge on any atom is -0.481 e. The Morgan fingerprint density at radius 2 is 2.00 bits per heavy atom. The van der Waals surface area contributed by atoms with Crippen molar-refractivity contribution in [1.82, 2.24) is 9.55 Å². The second-order valence-electron chi connectivity index (χ2n) is 7.41. The number of carbonyl (C=O) groups is 1. The standard InChI is InChI=1S/C21H19Cl2FN2O2/c1-10-14(9-19(27)28)20(22)16(21(23)25-10)8-13-7-15-17(24)5-12(11-3-4-11)6-18(15)26(13)2/h5-7,11H,3-4,8-9H2,1-2H3,(H,27,28). The number of benzene rings is 1. The largest absolute Gasteiger partial charge is 0.481 e. The smallest absolute Gasteiger partial charge is 0.307 e. The molecule has 2 heterocycles. The van der Waals surface area contributed by atoms with Gasteiger partial charge in [-0.2, -0.15) is 0 Å². The highest BCUT2D eigenvalue weighted by Crippen LogP contribution is 2.42. The fraction of sp³-hybridized carbons (Fsp3) is 0.333. The van der Waals surface area contributed by atoms with Gasteiger partial charge < -0.3 is 9.67 Å². The number of hydrogen-bond acceptors (Lipinski definition) is 2. The molecule has 3 aromatic rings. The van der Waals surface area contributed by atoms with Gasteiger partial charge in [0.15, 0.2) is 0 Å². The van der Waals surface area contributed by atoms with Crippen LogP contribution >= 0.6 is 23.2 Å². The Morgan fingerprint density at radius 3 is 2.64 bits per heavy atom. The molecule has 1 aliphatic rings. The number of halogens is 3.